The molecular weight excluding hydrogens is 316 g/mol. The van der Waals surface area contributed by atoms with Gasteiger partial charge in [0.2, 0.25) is 0 Å². The van der Waals surface area contributed by atoms with Gasteiger partial charge in [0.05, 0.1) is 7.11 Å². The summed E-state index contributed by atoms with van der Waals surface area (Å²) >= 11 is 0. The number of hydrogen-bond acceptors (Lipinski definition) is 4. The Bertz CT molecular complexity index is 615. The highest BCUT2D eigenvalue weighted by molar-refractivity contribution is 5.88. The maximum absolute atomic E-state index is 12.3. The average molecular weight is 346 g/mol. The first kappa shape index (κ1) is 19.5. The molecule has 0 radical (unpaired) electrons. The second-order valence-corrected chi connectivity index (χ2v) is 7.61. The van der Waals surface area contributed by atoms with Crippen LogP contribution in [0, 0.1) is 17.3 Å². The topological polar surface area (TPSA) is 52.6 Å². The van der Waals surface area contributed by atoms with Gasteiger partial charge in [0.1, 0.15) is 6.10 Å². The summed E-state index contributed by atoms with van der Waals surface area (Å²) in [7, 11) is 1.39. The zero-order chi connectivity index (χ0) is 18.8. The van der Waals surface area contributed by atoms with E-state index in [1.807, 2.05) is 6.92 Å². The van der Waals surface area contributed by atoms with E-state index in [9.17, 15) is 9.59 Å². The van der Waals surface area contributed by atoms with E-state index in [2.05, 4.69) is 20.1 Å². The molecule has 4 heteroatoms. The monoisotopic (exact) mass is 346 g/mol. The van der Waals surface area contributed by atoms with Crippen molar-refractivity contribution in [1.82, 2.24) is 0 Å². The van der Waals surface area contributed by atoms with Crippen LogP contribution < -0.4 is 0 Å². The molecule has 2 rings (SSSR count). The Morgan fingerprint density at radius 3 is 2.56 bits per heavy atom. The van der Waals surface area contributed by atoms with E-state index in [1.165, 1.54) is 12.7 Å². The van der Waals surface area contributed by atoms with Crippen molar-refractivity contribution in [3.8, 4) is 0 Å². The van der Waals surface area contributed by atoms with Gasteiger partial charge in [-0.1, -0.05) is 31.7 Å². The van der Waals surface area contributed by atoms with Crippen molar-refractivity contribution >= 4 is 11.9 Å². The number of carbonyl (C=O) groups is 2. The Labute approximate surface area is 151 Å². The third-order valence-corrected chi connectivity index (χ3v) is 6.25. The zero-order valence-corrected chi connectivity index (χ0v) is 15.9. The summed E-state index contributed by atoms with van der Waals surface area (Å²) in [4.78, 5) is 24.1. The van der Waals surface area contributed by atoms with Crippen LogP contribution in [-0.2, 0) is 19.1 Å². The number of esters is 2. The smallest absolute Gasteiger partial charge is 0.333 e. The molecule has 0 aromatic carbocycles. The van der Waals surface area contributed by atoms with Crippen molar-refractivity contribution in [2.75, 3.05) is 7.11 Å². The molecule has 4 atom stereocenters. The standard InChI is InChI=1S/C21H30O4/c1-7-13(2)19(22)25-18-9-8-14(3)17-12-16(10-11-21(17,18)5)15(4)20(23)24-6/h7,16-18H,3-4,8-12H2,1-2,5-6H3/b13-7+/t16-,17+,18+,21-/m1/s1. The third kappa shape index (κ3) is 3.73. The van der Waals surface area contributed by atoms with Crippen molar-refractivity contribution in [1.29, 1.82) is 0 Å². The molecule has 0 bridgehead atoms. The first-order valence-corrected chi connectivity index (χ1v) is 9.03. The second kappa shape index (κ2) is 7.59. The van der Waals surface area contributed by atoms with Crippen molar-refractivity contribution in [3.05, 3.63) is 36.0 Å². The summed E-state index contributed by atoms with van der Waals surface area (Å²) in [6, 6.07) is 0. The number of allylic oxidation sites excluding steroid dienone is 2. The molecule has 0 amide bonds. The molecule has 0 heterocycles. The quantitative estimate of drug-likeness (QED) is 0.431. The number of carbonyl (C=O) groups excluding carboxylic acids is 2. The van der Waals surface area contributed by atoms with E-state index < -0.39 is 0 Å². The predicted octanol–water partition coefficient (Wildman–Crippen LogP) is 4.37. The van der Waals surface area contributed by atoms with Gasteiger partial charge in [-0.25, -0.2) is 9.59 Å². The summed E-state index contributed by atoms with van der Waals surface area (Å²) in [6.45, 7) is 14.0. The second-order valence-electron chi connectivity index (χ2n) is 7.61. The lowest BCUT2D eigenvalue weighted by molar-refractivity contribution is -0.158. The van der Waals surface area contributed by atoms with E-state index in [0.717, 1.165) is 32.1 Å². The summed E-state index contributed by atoms with van der Waals surface area (Å²) < 4.78 is 10.7. The number of rotatable bonds is 4. The Morgan fingerprint density at radius 2 is 1.96 bits per heavy atom. The molecule has 0 spiro atoms. The molecule has 4 nitrogen and oxygen atoms in total. The number of hydrogen-bond donors (Lipinski definition) is 0. The SMILES string of the molecule is C=C(C(=O)OC)[C@@H]1CC[C@@]2(C)[C@@H](OC(=O)/C(C)=C/C)CCC(=C)[C@@H]2C1. The Morgan fingerprint density at radius 1 is 1.28 bits per heavy atom. The Kier molecular flexibility index (Phi) is 5.91. The van der Waals surface area contributed by atoms with Crippen LogP contribution in [0.2, 0.25) is 0 Å². The molecule has 0 aliphatic heterocycles. The normalized spacial score (nSPS) is 32.6. The third-order valence-electron chi connectivity index (χ3n) is 6.25. The van der Waals surface area contributed by atoms with Crippen LogP contribution in [0.25, 0.3) is 0 Å². The van der Waals surface area contributed by atoms with Crippen LogP contribution in [0.15, 0.2) is 36.0 Å². The van der Waals surface area contributed by atoms with Gasteiger partial charge in [-0.05, 0) is 57.8 Å². The molecule has 0 aromatic heterocycles. The molecule has 0 N–H and O–H groups in total. The van der Waals surface area contributed by atoms with Gasteiger partial charge in [-0.3, -0.25) is 0 Å². The van der Waals surface area contributed by atoms with Crippen LogP contribution in [-0.4, -0.2) is 25.2 Å². The summed E-state index contributed by atoms with van der Waals surface area (Å²) in [5, 5.41) is 0. The van der Waals surface area contributed by atoms with Crippen molar-refractivity contribution < 1.29 is 19.1 Å². The van der Waals surface area contributed by atoms with Gasteiger partial charge < -0.3 is 9.47 Å². The Balaban J connectivity index is 2.18. The minimum atomic E-state index is -0.332. The minimum Gasteiger partial charge on any atom is -0.466 e. The minimum absolute atomic E-state index is 0.106. The summed E-state index contributed by atoms with van der Waals surface area (Å²) in [6.07, 6.45) is 5.88. The average Bonchev–Trinajstić information content (AvgIpc) is 2.61. The highest BCUT2D eigenvalue weighted by atomic mass is 16.5. The van der Waals surface area contributed by atoms with Crippen LogP contribution in [0.5, 0.6) is 0 Å². The van der Waals surface area contributed by atoms with Crippen molar-refractivity contribution in [2.24, 2.45) is 17.3 Å². The van der Waals surface area contributed by atoms with Gasteiger partial charge >= 0.3 is 11.9 Å². The molecule has 138 valence electrons. The largest absolute Gasteiger partial charge is 0.466 e. The maximum atomic E-state index is 12.3. The molecule has 2 fully saturated rings. The van der Waals surface area contributed by atoms with E-state index >= 15 is 0 Å². The molecule has 25 heavy (non-hydrogen) atoms. The molecule has 0 aromatic rings. The number of ether oxygens (including phenoxy) is 2. The van der Waals surface area contributed by atoms with Crippen LogP contribution >= 0.6 is 0 Å². The van der Waals surface area contributed by atoms with Gasteiger partial charge in [0.15, 0.2) is 0 Å². The fourth-order valence-corrected chi connectivity index (χ4v) is 4.32. The lowest BCUT2D eigenvalue weighted by Crippen LogP contribution is -2.49. The van der Waals surface area contributed by atoms with Crippen LogP contribution in [0.4, 0.5) is 0 Å². The fraction of sp³-hybridized carbons (Fsp3) is 0.619. The molecular formula is C21H30O4. The van der Waals surface area contributed by atoms with Crippen LogP contribution in [0.1, 0.15) is 52.9 Å². The summed E-state index contributed by atoms with van der Waals surface area (Å²) in [5.41, 5.74) is 2.24. The van der Waals surface area contributed by atoms with Crippen LogP contribution in [0.3, 0.4) is 0 Å². The first-order valence-electron chi connectivity index (χ1n) is 9.03. The zero-order valence-electron chi connectivity index (χ0n) is 15.9. The molecule has 0 unspecified atom stereocenters. The van der Waals surface area contributed by atoms with Gasteiger partial charge in [-0.2, -0.15) is 0 Å². The first-order chi connectivity index (χ1) is 11.7. The number of fused-ring (bicyclic) bond motifs is 1. The van der Waals surface area contributed by atoms with E-state index in [-0.39, 0.29) is 35.3 Å². The predicted molar refractivity (Wildman–Crippen MR) is 97.8 cm³/mol. The molecule has 2 aliphatic carbocycles. The van der Waals surface area contributed by atoms with Gasteiger partial charge in [0, 0.05) is 16.6 Å². The van der Waals surface area contributed by atoms with E-state index in [4.69, 9.17) is 9.47 Å². The van der Waals surface area contributed by atoms with Crippen molar-refractivity contribution in [2.45, 2.75) is 59.0 Å². The maximum Gasteiger partial charge on any atom is 0.333 e. The molecule has 2 saturated carbocycles. The highest BCUT2D eigenvalue weighted by Gasteiger charge is 2.51. The lowest BCUT2D eigenvalue weighted by atomic mass is 9.55. The van der Waals surface area contributed by atoms with Crippen molar-refractivity contribution in [3.63, 3.8) is 0 Å². The molecule has 2 aliphatic rings. The lowest BCUT2D eigenvalue weighted by Gasteiger charge is -2.52. The number of methoxy groups -OCH3 is 1. The Hall–Kier alpha value is -1.84. The van der Waals surface area contributed by atoms with E-state index in [0.29, 0.717) is 11.1 Å². The highest BCUT2D eigenvalue weighted by Crippen LogP contribution is 2.55. The fourth-order valence-electron chi connectivity index (χ4n) is 4.32. The van der Waals surface area contributed by atoms with Gasteiger partial charge in [0.25, 0.3) is 0 Å². The van der Waals surface area contributed by atoms with Gasteiger partial charge in [-0.15, -0.1) is 0 Å². The van der Waals surface area contributed by atoms with E-state index in [1.54, 1.807) is 13.0 Å². The molecule has 0 saturated heterocycles. The summed E-state index contributed by atoms with van der Waals surface area (Å²) in [5.74, 6) is -0.234.